The van der Waals surface area contributed by atoms with Gasteiger partial charge in [0.2, 0.25) is 0 Å². The fourth-order valence-electron chi connectivity index (χ4n) is 1.59. The lowest BCUT2D eigenvalue weighted by Gasteiger charge is -2.17. The third-order valence-corrected chi connectivity index (χ3v) is 3.03. The number of para-hydroxylation sites is 1. The zero-order valence-corrected chi connectivity index (χ0v) is 12.2. The first kappa shape index (κ1) is 15.4. The van der Waals surface area contributed by atoms with Crippen LogP contribution < -0.4 is 10.5 Å². The highest BCUT2D eigenvalue weighted by Crippen LogP contribution is 2.18. The van der Waals surface area contributed by atoms with Gasteiger partial charge in [-0.3, -0.25) is 4.79 Å². The standard InChI is InChI=1S/C14H20N2O2S/c1-3-11-6-4-5-7-12(11)18-10-14(17)16(2)9-8-13(15)19/h4-7H,3,8-10H2,1-2H3,(H2,15,19). The number of carbonyl (C=O) groups excluding carboxylic acids is 1. The quantitative estimate of drug-likeness (QED) is 0.773. The largest absolute Gasteiger partial charge is 0.483 e. The molecule has 0 aliphatic rings. The van der Waals surface area contributed by atoms with E-state index in [1.165, 1.54) is 0 Å². The van der Waals surface area contributed by atoms with Crippen molar-refractivity contribution in [1.29, 1.82) is 0 Å². The van der Waals surface area contributed by atoms with Crippen LogP contribution in [0.1, 0.15) is 18.9 Å². The average molecular weight is 280 g/mol. The van der Waals surface area contributed by atoms with Gasteiger partial charge in [-0.15, -0.1) is 0 Å². The Morgan fingerprint density at radius 1 is 1.42 bits per heavy atom. The molecule has 0 aliphatic heterocycles. The molecule has 1 amide bonds. The Hall–Kier alpha value is -1.62. The van der Waals surface area contributed by atoms with Crippen molar-refractivity contribution in [2.24, 2.45) is 5.73 Å². The molecule has 0 heterocycles. The molecule has 0 spiro atoms. The summed E-state index contributed by atoms with van der Waals surface area (Å²) in [5.74, 6) is 0.684. The van der Waals surface area contributed by atoms with Crippen molar-refractivity contribution >= 4 is 23.1 Å². The van der Waals surface area contributed by atoms with E-state index in [-0.39, 0.29) is 12.5 Å². The molecule has 4 nitrogen and oxygen atoms in total. The molecule has 5 heteroatoms. The number of nitrogens with zero attached hydrogens (tertiary/aromatic N) is 1. The molecular weight excluding hydrogens is 260 g/mol. The van der Waals surface area contributed by atoms with Crippen LogP contribution in [-0.2, 0) is 11.2 Å². The maximum Gasteiger partial charge on any atom is 0.260 e. The van der Waals surface area contributed by atoms with Crippen LogP contribution >= 0.6 is 12.2 Å². The number of ether oxygens (including phenoxy) is 1. The monoisotopic (exact) mass is 280 g/mol. The number of carbonyl (C=O) groups is 1. The summed E-state index contributed by atoms with van der Waals surface area (Å²) >= 11 is 4.78. The highest BCUT2D eigenvalue weighted by molar-refractivity contribution is 7.80. The Morgan fingerprint density at radius 2 is 2.11 bits per heavy atom. The first-order valence-electron chi connectivity index (χ1n) is 6.27. The number of rotatable bonds is 7. The number of nitrogens with two attached hydrogens (primary N) is 1. The van der Waals surface area contributed by atoms with Gasteiger partial charge in [0.15, 0.2) is 6.61 Å². The van der Waals surface area contributed by atoms with Gasteiger partial charge in [0, 0.05) is 20.0 Å². The van der Waals surface area contributed by atoms with Crippen LogP contribution in [-0.4, -0.2) is 36.0 Å². The Labute approximate surface area is 119 Å². The molecule has 0 saturated heterocycles. The van der Waals surface area contributed by atoms with Crippen molar-refractivity contribution in [3.8, 4) is 5.75 Å². The summed E-state index contributed by atoms with van der Waals surface area (Å²) in [5, 5.41) is 0. The van der Waals surface area contributed by atoms with E-state index in [2.05, 4.69) is 6.92 Å². The van der Waals surface area contributed by atoms with Crippen LogP contribution in [0.15, 0.2) is 24.3 Å². The normalized spacial score (nSPS) is 10.0. The number of benzene rings is 1. The zero-order chi connectivity index (χ0) is 14.3. The molecule has 2 N–H and O–H groups in total. The van der Waals surface area contributed by atoms with Crippen molar-refractivity contribution in [2.45, 2.75) is 19.8 Å². The molecular formula is C14H20N2O2S. The maximum absolute atomic E-state index is 11.8. The van der Waals surface area contributed by atoms with Crippen LogP contribution in [0.2, 0.25) is 0 Å². The Morgan fingerprint density at radius 3 is 2.74 bits per heavy atom. The lowest BCUT2D eigenvalue weighted by atomic mass is 10.1. The van der Waals surface area contributed by atoms with Gasteiger partial charge in [0.1, 0.15) is 5.75 Å². The highest BCUT2D eigenvalue weighted by atomic mass is 32.1. The second-order valence-corrected chi connectivity index (χ2v) is 4.81. The predicted molar refractivity (Wildman–Crippen MR) is 80.4 cm³/mol. The van der Waals surface area contributed by atoms with E-state index in [0.29, 0.717) is 18.0 Å². The molecule has 0 radical (unpaired) electrons. The molecule has 0 bridgehead atoms. The van der Waals surface area contributed by atoms with Crippen LogP contribution in [0, 0.1) is 0 Å². The third kappa shape index (κ3) is 5.26. The van der Waals surface area contributed by atoms with Gasteiger partial charge < -0.3 is 15.4 Å². The molecule has 1 aromatic carbocycles. The summed E-state index contributed by atoms with van der Waals surface area (Å²) in [6.07, 6.45) is 1.41. The van der Waals surface area contributed by atoms with E-state index in [1.54, 1.807) is 11.9 Å². The van der Waals surface area contributed by atoms with Gasteiger partial charge in [0.25, 0.3) is 5.91 Å². The molecule has 1 rings (SSSR count). The van der Waals surface area contributed by atoms with Crippen molar-refractivity contribution in [1.82, 2.24) is 4.90 Å². The molecule has 19 heavy (non-hydrogen) atoms. The number of hydrogen-bond donors (Lipinski definition) is 1. The van der Waals surface area contributed by atoms with E-state index in [9.17, 15) is 4.79 Å². The molecule has 1 aromatic rings. The Bertz CT molecular complexity index is 449. The molecule has 0 unspecified atom stereocenters. The smallest absolute Gasteiger partial charge is 0.260 e. The summed E-state index contributed by atoms with van der Waals surface area (Å²) < 4.78 is 5.56. The fourth-order valence-corrected chi connectivity index (χ4v) is 1.68. The predicted octanol–water partition coefficient (Wildman–Crippen LogP) is 1.76. The number of hydrogen-bond acceptors (Lipinski definition) is 3. The summed E-state index contributed by atoms with van der Waals surface area (Å²) in [6.45, 7) is 2.61. The zero-order valence-electron chi connectivity index (χ0n) is 11.4. The second kappa shape index (κ2) is 7.74. The van der Waals surface area contributed by atoms with Crippen LogP contribution in [0.5, 0.6) is 5.75 Å². The Kier molecular flexibility index (Phi) is 6.29. The minimum atomic E-state index is -0.0813. The van der Waals surface area contributed by atoms with Crippen molar-refractivity contribution in [3.63, 3.8) is 0 Å². The first-order chi connectivity index (χ1) is 9.04. The first-order valence-corrected chi connectivity index (χ1v) is 6.68. The number of amides is 1. The Balaban J connectivity index is 2.47. The average Bonchev–Trinajstić information content (AvgIpc) is 2.42. The lowest BCUT2D eigenvalue weighted by molar-refractivity contribution is -0.131. The third-order valence-electron chi connectivity index (χ3n) is 2.82. The summed E-state index contributed by atoms with van der Waals surface area (Å²) in [7, 11) is 1.72. The molecule has 0 atom stereocenters. The number of aryl methyl sites for hydroxylation is 1. The van der Waals surface area contributed by atoms with Gasteiger partial charge in [-0.1, -0.05) is 37.3 Å². The van der Waals surface area contributed by atoms with E-state index < -0.39 is 0 Å². The minimum Gasteiger partial charge on any atom is -0.483 e. The summed E-state index contributed by atoms with van der Waals surface area (Å²) in [4.78, 5) is 13.8. The van der Waals surface area contributed by atoms with Crippen molar-refractivity contribution in [3.05, 3.63) is 29.8 Å². The van der Waals surface area contributed by atoms with Gasteiger partial charge >= 0.3 is 0 Å². The van der Waals surface area contributed by atoms with Crippen LogP contribution in [0.25, 0.3) is 0 Å². The van der Waals surface area contributed by atoms with Crippen molar-refractivity contribution in [2.75, 3.05) is 20.2 Å². The van der Waals surface area contributed by atoms with Crippen LogP contribution in [0.4, 0.5) is 0 Å². The van der Waals surface area contributed by atoms with Crippen molar-refractivity contribution < 1.29 is 9.53 Å². The van der Waals surface area contributed by atoms with E-state index >= 15 is 0 Å². The van der Waals surface area contributed by atoms with E-state index in [4.69, 9.17) is 22.7 Å². The number of likely N-dealkylation sites (N-methyl/N-ethyl adjacent to an activating group) is 1. The summed E-state index contributed by atoms with van der Waals surface area (Å²) in [5.41, 5.74) is 6.50. The van der Waals surface area contributed by atoms with Gasteiger partial charge in [0.05, 0.1) is 4.99 Å². The minimum absolute atomic E-state index is 0.0326. The maximum atomic E-state index is 11.8. The number of thiocarbonyl (C=S) groups is 1. The molecule has 0 fully saturated rings. The van der Waals surface area contributed by atoms with Crippen LogP contribution in [0.3, 0.4) is 0 Å². The fraction of sp³-hybridized carbons (Fsp3) is 0.429. The molecule has 0 saturated carbocycles. The van der Waals surface area contributed by atoms with Gasteiger partial charge in [-0.2, -0.15) is 0 Å². The summed E-state index contributed by atoms with van der Waals surface area (Å²) in [6, 6.07) is 7.73. The SMILES string of the molecule is CCc1ccccc1OCC(=O)N(C)CCC(N)=S. The second-order valence-electron chi connectivity index (χ2n) is 4.28. The van der Waals surface area contributed by atoms with E-state index in [0.717, 1.165) is 17.7 Å². The lowest BCUT2D eigenvalue weighted by Crippen LogP contribution is -2.33. The van der Waals surface area contributed by atoms with Gasteiger partial charge in [-0.25, -0.2) is 0 Å². The topological polar surface area (TPSA) is 55.6 Å². The van der Waals surface area contributed by atoms with Gasteiger partial charge in [-0.05, 0) is 18.1 Å². The molecule has 104 valence electrons. The highest BCUT2D eigenvalue weighted by Gasteiger charge is 2.10. The van der Waals surface area contributed by atoms with E-state index in [1.807, 2.05) is 24.3 Å². The molecule has 0 aromatic heterocycles. The molecule has 0 aliphatic carbocycles.